The first-order valence-electron chi connectivity index (χ1n) is 6.86. The largest absolute Gasteiger partial charge is 0.352 e. The van der Waals surface area contributed by atoms with Gasteiger partial charge in [-0.1, -0.05) is 13.8 Å². The highest BCUT2D eigenvalue weighted by atomic mass is 16.2. The average Bonchev–Trinajstić information content (AvgIpc) is 2.35. The van der Waals surface area contributed by atoms with E-state index >= 15 is 0 Å². The van der Waals surface area contributed by atoms with Crippen LogP contribution in [-0.2, 0) is 4.79 Å². The van der Waals surface area contributed by atoms with Crippen molar-refractivity contribution in [3.8, 4) is 0 Å². The zero-order valence-corrected chi connectivity index (χ0v) is 11.6. The Morgan fingerprint density at radius 1 is 1.47 bits per heavy atom. The second-order valence-corrected chi connectivity index (χ2v) is 4.99. The van der Waals surface area contributed by atoms with Crippen LogP contribution in [0.1, 0.15) is 40.5 Å². The third-order valence-corrected chi connectivity index (χ3v) is 3.76. The van der Waals surface area contributed by atoms with E-state index in [9.17, 15) is 4.79 Å². The van der Waals surface area contributed by atoms with Gasteiger partial charge in [0, 0.05) is 31.7 Å². The van der Waals surface area contributed by atoms with E-state index in [0.717, 1.165) is 32.5 Å². The number of carbonyl (C=O) groups excluding carboxylic acids is 1. The zero-order chi connectivity index (χ0) is 12.8. The van der Waals surface area contributed by atoms with E-state index in [1.807, 2.05) is 6.92 Å². The standard InChI is InChI=1S/C13H27N3O/c1-5-12(6-2)15-13(17)11(4)16-8-7-14-9-10(16)3/h10-12,14H,5-9H2,1-4H3,(H,15,17)/t10-,11?/m0/s1. The molecule has 0 aromatic heterocycles. The lowest BCUT2D eigenvalue weighted by atomic mass is 10.1. The Bertz CT molecular complexity index is 241. The van der Waals surface area contributed by atoms with Crippen LogP contribution in [0.2, 0.25) is 0 Å². The zero-order valence-electron chi connectivity index (χ0n) is 11.6. The summed E-state index contributed by atoms with van der Waals surface area (Å²) in [5.41, 5.74) is 0. The summed E-state index contributed by atoms with van der Waals surface area (Å²) in [6.07, 6.45) is 2.01. The highest BCUT2D eigenvalue weighted by molar-refractivity contribution is 5.81. The summed E-state index contributed by atoms with van der Waals surface area (Å²) in [4.78, 5) is 14.4. The maximum absolute atomic E-state index is 12.1. The van der Waals surface area contributed by atoms with Crippen LogP contribution in [0.25, 0.3) is 0 Å². The lowest BCUT2D eigenvalue weighted by Gasteiger charge is -2.38. The van der Waals surface area contributed by atoms with Crippen LogP contribution in [-0.4, -0.2) is 48.6 Å². The molecule has 1 fully saturated rings. The predicted octanol–water partition coefficient (Wildman–Crippen LogP) is 0.973. The molecule has 1 heterocycles. The minimum atomic E-state index is -0.0206. The molecule has 0 aliphatic carbocycles. The highest BCUT2D eigenvalue weighted by Crippen LogP contribution is 2.09. The molecule has 1 rings (SSSR count). The maximum atomic E-state index is 12.1. The van der Waals surface area contributed by atoms with E-state index in [0.29, 0.717) is 12.1 Å². The van der Waals surface area contributed by atoms with Crippen molar-refractivity contribution in [3.05, 3.63) is 0 Å². The van der Waals surface area contributed by atoms with Crippen molar-refractivity contribution in [1.29, 1.82) is 0 Å². The van der Waals surface area contributed by atoms with E-state index in [-0.39, 0.29) is 11.9 Å². The Morgan fingerprint density at radius 2 is 2.12 bits per heavy atom. The Hall–Kier alpha value is -0.610. The minimum absolute atomic E-state index is 0.0206. The number of rotatable bonds is 5. The molecule has 4 nitrogen and oxygen atoms in total. The van der Waals surface area contributed by atoms with Crippen LogP contribution >= 0.6 is 0 Å². The molecule has 0 radical (unpaired) electrons. The molecule has 0 bridgehead atoms. The number of nitrogens with zero attached hydrogens (tertiary/aromatic N) is 1. The Labute approximate surface area is 105 Å². The van der Waals surface area contributed by atoms with Gasteiger partial charge in [-0.3, -0.25) is 9.69 Å². The fourth-order valence-electron chi connectivity index (χ4n) is 2.40. The van der Waals surface area contributed by atoms with Crippen LogP contribution in [0.15, 0.2) is 0 Å². The normalized spacial score (nSPS) is 23.7. The molecule has 1 aliphatic rings. The molecule has 4 heteroatoms. The van der Waals surface area contributed by atoms with Gasteiger partial charge in [0.05, 0.1) is 6.04 Å². The fourth-order valence-corrected chi connectivity index (χ4v) is 2.40. The van der Waals surface area contributed by atoms with E-state index in [1.54, 1.807) is 0 Å². The molecule has 0 aromatic rings. The summed E-state index contributed by atoms with van der Waals surface area (Å²) in [5, 5.41) is 6.48. The average molecular weight is 241 g/mol. The van der Waals surface area contributed by atoms with E-state index in [2.05, 4.69) is 36.3 Å². The molecular formula is C13H27N3O. The second-order valence-electron chi connectivity index (χ2n) is 4.99. The van der Waals surface area contributed by atoms with E-state index < -0.39 is 0 Å². The quantitative estimate of drug-likeness (QED) is 0.754. The van der Waals surface area contributed by atoms with Crippen molar-refractivity contribution in [1.82, 2.24) is 15.5 Å². The Kier molecular flexibility index (Phi) is 5.92. The van der Waals surface area contributed by atoms with Crippen molar-refractivity contribution in [2.24, 2.45) is 0 Å². The van der Waals surface area contributed by atoms with Gasteiger partial charge in [0.25, 0.3) is 0 Å². The van der Waals surface area contributed by atoms with E-state index in [1.165, 1.54) is 0 Å². The van der Waals surface area contributed by atoms with Gasteiger partial charge in [0.2, 0.25) is 5.91 Å². The van der Waals surface area contributed by atoms with Gasteiger partial charge >= 0.3 is 0 Å². The summed E-state index contributed by atoms with van der Waals surface area (Å²) in [6, 6.07) is 0.738. The van der Waals surface area contributed by atoms with Gasteiger partial charge in [-0.25, -0.2) is 0 Å². The molecule has 1 saturated heterocycles. The number of hydrogen-bond acceptors (Lipinski definition) is 3. The van der Waals surface area contributed by atoms with Crippen molar-refractivity contribution in [2.45, 2.75) is 58.7 Å². The highest BCUT2D eigenvalue weighted by Gasteiger charge is 2.28. The molecule has 0 spiro atoms. The molecule has 0 saturated carbocycles. The van der Waals surface area contributed by atoms with Gasteiger partial charge in [-0.05, 0) is 26.7 Å². The molecule has 1 amide bonds. The van der Waals surface area contributed by atoms with Crippen LogP contribution in [0, 0.1) is 0 Å². The first-order chi connectivity index (χ1) is 8.10. The van der Waals surface area contributed by atoms with Crippen LogP contribution in [0.5, 0.6) is 0 Å². The predicted molar refractivity (Wildman–Crippen MR) is 71.0 cm³/mol. The van der Waals surface area contributed by atoms with Gasteiger partial charge < -0.3 is 10.6 Å². The lowest BCUT2D eigenvalue weighted by molar-refractivity contribution is -0.127. The van der Waals surface area contributed by atoms with Crippen LogP contribution in [0.3, 0.4) is 0 Å². The monoisotopic (exact) mass is 241 g/mol. The fraction of sp³-hybridized carbons (Fsp3) is 0.923. The molecule has 0 aromatic carbocycles. The van der Waals surface area contributed by atoms with Gasteiger partial charge in [-0.15, -0.1) is 0 Å². The molecular weight excluding hydrogens is 214 g/mol. The second kappa shape index (κ2) is 6.97. The summed E-state index contributed by atoms with van der Waals surface area (Å²) in [5.74, 6) is 0.174. The molecule has 1 unspecified atom stereocenters. The molecule has 2 atom stereocenters. The van der Waals surface area contributed by atoms with Crippen molar-refractivity contribution >= 4 is 5.91 Å². The van der Waals surface area contributed by atoms with Gasteiger partial charge in [-0.2, -0.15) is 0 Å². The maximum Gasteiger partial charge on any atom is 0.237 e. The number of piperazine rings is 1. The van der Waals surface area contributed by atoms with Crippen LogP contribution < -0.4 is 10.6 Å². The van der Waals surface area contributed by atoms with Gasteiger partial charge in [0.15, 0.2) is 0 Å². The van der Waals surface area contributed by atoms with Crippen molar-refractivity contribution in [2.75, 3.05) is 19.6 Å². The minimum Gasteiger partial charge on any atom is -0.352 e. The first kappa shape index (κ1) is 14.5. The van der Waals surface area contributed by atoms with Crippen molar-refractivity contribution in [3.63, 3.8) is 0 Å². The number of amides is 1. The summed E-state index contributed by atoms with van der Waals surface area (Å²) >= 11 is 0. The molecule has 1 aliphatic heterocycles. The third kappa shape index (κ3) is 3.96. The SMILES string of the molecule is CCC(CC)NC(=O)C(C)N1CCNC[C@@H]1C. The molecule has 100 valence electrons. The summed E-state index contributed by atoms with van der Waals surface area (Å²) in [6.45, 7) is 11.3. The third-order valence-electron chi connectivity index (χ3n) is 3.76. The number of nitrogens with one attached hydrogen (secondary N) is 2. The molecule has 17 heavy (non-hydrogen) atoms. The topological polar surface area (TPSA) is 44.4 Å². The Morgan fingerprint density at radius 3 is 2.65 bits per heavy atom. The van der Waals surface area contributed by atoms with Crippen LogP contribution in [0.4, 0.5) is 0 Å². The lowest BCUT2D eigenvalue weighted by Crippen LogP contribution is -2.57. The Balaban J connectivity index is 2.49. The number of carbonyl (C=O) groups is 1. The van der Waals surface area contributed by atoms with E-state index in [4.69, 9.17) is 0 Å². The summed E-state index contributed by atoms with van der Waals surface area (Å²) < 4.78 is 0. The van der Waals surface area contributed by atoms with Crippen molar-refractivity contribution < 1.29 is 4.79 Å². The van der Waals surface area contributed by atoms with Gasteiger partial charge in [0.1, 0.15) is 0 Å². The molecule has 2 N–H and O–H groups in total. The summed E-state index contributed by atoms with van der Waals surface area (Å²) in [7, 11) is 0. The smallest absolute Gasteiger partial charge is 0.237 e. The number of hydrogen-bond donors (Lipinski definition) is 2. The first-order valence-corrected chi connectivity index (χ1v) is 6.86.